The van der Waals surface area contributed by atoms with Crippen LogP contribution in [0.2, 0.25) is 5.02 Å². The van der Waals surface area contributed by atoms with E-state index >= 15 is 0 Å². The Morgan fingerprint density at radius 2 is 1.91 bits per heavy atom. The molecule has 1 heterocycles. The van der Waals surface area contributed by atoms with E-state index in [-0.39, 0.29) is 10.6 Å². The van der Waals surface area contributed by atoms with Gasteiger partial charge in [-0.2, -0.15) is 0 Å². The number of halogens is 4. The summed E-state index contributed by atoms with van der Waals surface area (Å²) in [5.41, 5.74) is 1.04. The van der Waals surface area contributed by atoms with Crippen LogP contribution >= 0.6 is 27.5 Å². The van der Waals surface area contributed by atoms with Crippen molar-refractivity contribution >= 4 is 50.0 Å². The van der Waals surface area contributed by atoms with E-state index in [0.29, 0.717) is 11.2 Å². The number of carbonyl (C=O) groups is 1. The molecule has 0 spiro atoms. The molecule has 116 valence electrons. The van der Waals surface area contributed by atoms with E-state index in [1.54, 1.807) is 18.3 Å². The van der Waals surface area contributed by atoms with Gasteiger partial charge in [-0.1, -0.05) is 11.6 Å². The summed E-state index contributed by atoms with van der Waals surface area (Å²) < 4.78 is 27.3. The van der Waals surface area contributed by atoms with Gasteiger partial charge < -0.3 is 5.32 Å². The molecule has 0 atom stereocenters. The SMILES string of the molecule is O=C(Nc1ccc(Br)c2ccc[nH+]c12)c1cc(F)c(F)cc1Cl. The molecule has 0 aliphatic carbocycles. The molecular weight excluding hydrogens is 390 g/mol. The van der Waals surface area contributed by atoms with Crippen molar-refractivity contribution in [1.29, 1.82) is 0 Å². The van der Waals surface area contributed by atoms with E-state index < -0.39 is 17.5 Å². The van der Waals surface area contributed by atoms with Crippen molar-refractivity contribution in [2.45, 2.75) is 0 Å². The summed E-state index contributed by atoms with van der Waals surface area (Å²) in [6, 6.07) is 8.71. The van der Waals surface area contributed by atoms with Gasteiger partial charge in [0.25, 0.3) is 5.91 Å². The lowest BCUT2D eigenvalue weighted by atomic mass is 10.1. The lowest BCUT2D eigenvalue weighted by Crippen LogP contribution is -2.16. The Kier molecular flexibility index (Phi) is 4.28. The summed E-state index contributed by atoms with van der Waals surface area (Å²) in [7, 11) is 0. The molecule has 23 heavy (non-hydrogen) atoms. The number of aromatic nitrogens is 1. The predicted molar refractivity (Wildman–Crippen MR) is 87.5 cm³/mol. The van der Waals surface area contributed by atoms with E-state index in [4.69, 9.17) is 11.6 Å². The van der Waals surface area contributed by atoms with Crippen LogP contribution in [-0.2, 0) is 0 Å². The van der Waals surface area contributed by atoms with Gasteiger partial charge in [-0.15, -0.1) is 0 Å². The van der Waals surface area contributed by atoms with E-state index in [1.165, 1.54) is 0 Å². The second-order valence-corrected chi connectivity index (χ2v) is 6.02. The van der Waals surface area contributed by atoms with Crippen LogP contribution in [0.5, 0.6) is 0 Å². The minimum atomic E-state index is -1.13. The number of pyridine rings is 1. The van der Waals surface area contributed by atoms with Crippen LogP contribution in [0, 0.1) is 11.6 Å². The first-order valence-electron chi connectivity index (χ1n) is 6.52. The largest absolute Gasteiger partial charge is 0.316 e. The van der Waals surface area contributed by atoms with Crippen LogP contribution < -0.4 is 10.3 Å². The second-order valence-electron chi connectivity index (χ2n) is 4.75. The molecule has 0 saturated carbocycles. The highest BCUT2D eigenvalue weighted by Gasteiger charge is 2.18. The quantitative estimate of drug-likeness (QED) is 0.630. The number of hydrogen-bond acceptors (Lipinski definition) is 1. The summed E-state index contributed by atoms with van der Waals surface area (Å²) in [6.45, 7) is 0. The third kappa shape index (κ3) is 3.04. The molecule has 0 radical (unpaired) electrons. The molecule has 2 N–H and O–H groups in total. The lowest BCUT2D eigenvalue weighted by molar-refractivity contribution is -0.344. The van der Waals surface area contributed by atoms with E-state index in [9.17, 15) is 13.6 Å². The Balaban J connectivity index is 2.01. The molecule has 0 aliphatic heterocycles. The Labute approximate surface area is 143 Å². The third-order valence-electron chi connectivity index (χ3n) is 3.28. The Hall–Kier alpha value is -2.05. The molecule has 3 aromatic rings. The highest BCUT2D eigenvalue weighted by Crippen LogP contribution is 2.28. The van der Waals surface area contributed by atoms with Gasteiger partial charge in [-0.3, -0.25) is 4.79 Å². The van der Waals surface area contributed by atoms with Crippen LogP contribution in [0.25, 0.3) is 10.9 Å². The van der Waals surface area contributed by atoms with Crippen molar-refractivity contribution < 1.29 is 18.6 Å². The van der Waals surface area contributed by atoms with Gasteiger partial charge >= 0.3 is 0 Å². The van der Waals surface area contributed by atoms with E-state index in [2.05, 4.69) is 26.2 Å². The zero-order valence-electron chi connectivity index (χ0n) is 11.5. The number of carbonyl (C=O) groups excluding carboxylic acids is 1. The van der Waals surface area contributed by atoms with Crippen molar-refractivity contribution in [1.82, 2.24) is 0 Å². The minimum Gasteiger partial charge on any atom is -0.316 e. The molecule has 1 amide bonds. The van der Waals surface area contributed by atoms with Crippen molar-refractivity contribution in [3.63, 3.8) is 0 Å². The fourth-order valence-corrected chi connectivity index (χ4v) is 2.88. The molecule has 3 rings (SSSR count). The normalized spacial score (nSPS) is 10.8. The molecule has 0 bridgehead atoms. The van der Waals surface area contributed by atoms with Gasteiger partial charge in [0, 0.05) is 10.5 Å². The highest BCUT2D eigenvalue weighted by molar-refractivity contribution is 9.10. The number of benzene rings is 2. The van der Waals surface area contributed by atoms with Gasteiger partial charge in [0.05, 0.1) is 16.0 Å². The van der Waals surface area contributed by atoms with Gasteiger partial charge in [-0.05, 0) is 46.3 Å². The Morgan fingerprint density at radius 1 is 1.17 bits per heavy atom. The molecule has 0 saturated heterocycles. The standard InChI is InChI=1S/C16H8BrClF2N2O/c17-10-3-4-14(15-8(10)2-1-5-21-15)22-16(23)9-6-12(19)13(20)7-11(9)18/h1-7H,(H,22,23)/p+1. The predicted octanol–water partition coefficient (Wildman–Crippen LogP) is 4.60. The first-order valence-corrected chi connectivity index (χ1v) is 7.69. The van der Waals surface area contributed by atoms with Gasteiger partial charge in [-0.25, -0.2) is 13.8 Å². The van der Waals surface area contributed by atoms with Crippen molar-refractivity contribution in [3.8, 4) is 0 Å². The number of fused-ring (bicyclic) bond motifs is 1. The minimum absolute atomic E-state index is 0.141. The summed E-state index contributed by atoms with van der Waals surface area (Å²) >= 11 is 9.25. The molecular formula is C16H9BrClF2N2O+. The number of rotatable bonds is 2. The maximum atomic E-state index is 13.3. The number of nitrogens with one attached hydrogen (secondary N) is 2. The van der Waals surface area contributed by atoms with E-state index in [0.717, 1.165) is 22.0 Å². The summed E-state index contributed by atoms with van der Waals surface area (Å²) in [5.74, 6) is -2.87. The molecule has 2 aromatic carbocycles. The number of aromatic amines is 1. The van der Waals surface area contributed by atoms with Crippen LogP contribution in [0.15, 0.2) is 47.1 Å². The maximum absolute atomic E-state index is 13.3. The summed E-state index contributed by atoms with van der Waals surface area (Å²) in [6.07, 6.45) is 1.72. The number of amides is 1. The van der Waals surface area contributed by atoms with Crippen molar-refractivity contribution in [2.75, 3.05) is 5.32 Å². The van der Waals surface area contributed by atoms with E-state index in [1.807, 2.05) is 12.1 Å². The first-order chi connectivity index (χ1) is 11.0. The number of hydrogen-bond donors (Lipinski definition) is 1. The van der Waals surface area contributed by atoms with Crippen molar-refractivity contribution in [3.05, 3.63) is 69.3 Å². The molecule has 1 aromatic heterocycles. The smallest absolute Gasteiger partial charge is 0.257 e. The van der Waals surface area contributed by atoms with Crippen LogP contribution in [0.1, 0.15) is 10.4 Å². The van der Waals surface area contributed by atoms with Gasteiger partial charge in [0.2, 0.25) is 5.52 Å². The monoisotopic (exact) mass is 397 g/mol. The highest BCUT2D eigenvalue weighted by atomic mass is 79.9. The fraction of sp³-hybridized carbons (Fsp3) is 0. The second kappa shape index (κ2) is 6.22. The summed E-state index contributed by atoms with van der Waals surface area (Å²) in [5, 5.41) is 3.35. The fourth-order valence-electron chi connectivity index (χ4n) is 2.18. The number of H-pyrrole nitrogens is 1. The first kappa shape index (κ1) is 15.8. The third-order valence-corrected chi connectivity index (χ3v) is 4.29. The summed E-state index contributed by atoms with van der Waals surface area (Å²) in [4.78, 5) is 15.4. The van der Waals surface area contributed by atoms with Crippen LogP contribution in [0.3, 0.4) is 0 Å². The van der Waals surface area contributed by atoms with Crippen molar-refractivity contribution in [2.24, 2.45) is 0 Å². The topological polar surface area (TPSA) is 43.2 Å². The zero-order chi connectivity index (χ0) is 16.6. The molecule has 7 heteroatoms. The molecule has 0 unspecified atom stereocenters. The lowest BCUT2D eigenvalue weighted by Gasteiger charge is -2.08. The van der Waals surface area contributed by atoms with Crippen LogP contribution in [0.4, 0.5) is 14.5 Å². The maximum Gasteiger partial charge on any atom is 0.257 e. The van der Waals surface area contributed by atoms with Gasteiger partial charge in [0.1, 0.15) is 5.69 Å². The zero-order valence-corrected chi connectivity index (χ0v) is 13.8. The molecule has 0 aliphatic rings. The average molecular weight is 399 g/mol. The van der Waals surface area contributed by atoms with Crippen LogP contribution in [-0.4, -0.2) is 5.91 Å². The average Bonchev–Trinajstić information content (AvgIpc) is 2.54. The number of anilines is 1. The Bertz CT molecular complexity index is 933. The molecule has 3 nitrogen and oxygen atoms in total. The van der Waals surface area contributed by atoms with Gasteiger partial charge in [0.15, 0.2) is 17.8 Å². The molecule has 0 fully saturated rings. The Morgan fingerprint density at radius 3 is 2.70 bits per heavy atom.